The van der Waals surface area contributed by atoms with Crippen LogP contribution in [-0.2, 0) is 25.9 Å². The predicted molar refractivity (Wildman–Crippen MR) is 94.3 cm³/mol. The zero-order valence-electron chi connectivity index (χ0n) is 15.0. The number of H-pyrrole nitrogens is 1. The molecule has 27 heavy (non-hydrogen) atoms. The van der Waals surface area contributed by atoms with Crippen molar-refractivity contribution in [1.82, 2.24) is 40.5 Å². The third kappa shape index (κ3) is 3.78. The number of nitrogens with zero attached hydrogens (tertiary/aromatic N) is 6. The molecule has 0 spiro atoms. The molecule has 0 unspecified atom stereocenters. The van der Waals surface area contributed by atoms with E-state index in [0.29, 0.717) is 12.4 Å². The van der Waals surface area contributed by atoms with Gasteiger partial charge in [-0.15, -0.1) is 0 Å². The number of hydrogen-bond donors (Lipinski definition) is 2. The van der Waals surface area contributed by atoms with Crippen LogP contribution < -0.4 is 5.32 Å². The molecule has 2 N–H and O–H groups in total. The van der Waals surface area contributed by atoms with E-state index >= 15 is 0 Å². The Labute approximate surface area is 155 Å². The molecule has 3 heterocycles. The van der Waals surface area contributed by atoms with Crippen LogP contribution in [0.3, 0.4) is 0 Å². The van der Waals surface area contributed by atoms with Crippen LogP contribution in [0.5, 0.6) is 0 Å². The van der Waals surface area contributed by atoms with E-state index < -0.39 is 0 Å². The minimum Gasteiger partial charge on any atom is -0.337 e. The number of amides is 2. The van der Waals surface area contributed by atoms with Crippen LogP contribution in [0.2, 0.25) is 0 Å². The van der Waals surface area contributed by atoms with Gasteiger partial charge < -0.3 is 14.7 Å². The number of nitrogens with one attached hydrogen (secondary N) is 2. The van der Waals surface area contributed by atoms with Crippen LogP contribution in [0.25, 0.3) is 11.6 Å². The van der Waals surface area contributed by atoms with Gasteiger partial charge in [-0.25, -0.2) is 14.8 Å². The van der Waals surface area contributed by atoms with Crippen molar-refractivity contribution in [3.05, 3.63) is 41.3 Å². The van der Waals surface area contributed by atoms with Gasteiger partial charge in [0.2, 0.25) is 17.5 Å². The Morgan fingerprint density at radius 1 is 1.26 bits per heavy atom. The normalized spacial score (nSPS) is 13.2. The smallest absolute Gasteiger partial charge is 0.317 e. The molecule has 0 fully saturated rings. The van der Waals surface area contributed by atoms with E-state index in [0.717, 1.165) is 18.5 Å². The lowest BCUT2D eigenvalue weighted by Gasteiger charge is -2.18. The monoisotopic (exact) mass is 368 g/mol. The predicted octanol–water partition coefficient (Wildman–Crippen LogP) is 1.47. The largest absolute Gasteiger partial charge is 0.337 e. The van der Waals surface area contributed by atoms with E-state index in [1.807, 2.05) is 0 Å². The Hall–Kier alpha value is -3.30. The molecule has 140 valence electrons. The van der Waals surface area contributed by atoms with E-state index in [1.54, 1.807) is 30.4 Å². The Kier molecular flexibility index (Phi) is 4.77. The Morgan fingerprint density at radius 2 is 2.07 bits per heavy atom. The minimum atomic E-state index is -0.238. The highest BCUT2D eigenvalue weighted by molar-refractivity contribution is 5.73. The summed E-state index contributed by atoms with van der Waals surface area (Å²) in [5, 5.41) is 14.1. The lowest BCUT2D eigenvalue weighted by molar-refractivity contribution is 0.204. The third-order valence-electron chi connectivity index (χ3n) is 4.50. The number of fused-ring (bicyclic) bond motifs is 1. The number of carbonyl (C=O) groups is 1. The van der Waals surface area contributed by atoms with Crippen molar-refractivity contribution in [3.8, 4) is 11.6 Å². The molecule has 1 aliphatic carbocycles. The van der Waals surface area contributed by atoms with Gasteiger partial charge in [-0.1, -0.05) is 5.16 Å². The first-order valence-electron chi connectivity index (χ1n) is 8.84. The van der Waals surface area contributed by atoms with Crippen molar-refractivity contribution in [3.63, 3.8) is 0 Å². The molecule has 0 saturated heterocycles. The molecule has 0 saturated carbocycles. The Balaban J connectivity index is 1.33. The molecule has 1 aliphatic rings. The van der Waals surface area contributed by atoms with Crippen molar-refractivity contribution < 1.29 is 9.32 Å². The highest BCUT2D eigenvalue weighted by Crippen LogP contribution is 2.22. The summed E-state index contributed by atoms with van der Waals surface area (Å²) in [5.41, 5.74) is 3.39. The summed E-state index contributed by atoms with van der Waals surface area (Å²) in [6.45, 7) is 0.576. The molecule has 3 aromatic heterocycles. The summed E-state index contributed by atoms with van der Waals surface area (Å²) in [6.07, 6.45) is 7.60. The van der Waals surface area contributed by atoms with Crippen LogP contribution in [0.1, 0.15) is 35.7 Å². The molecule has 10 nitrogen and oxygen atoms in total. The SMILES string of the molecule is CN(Cc1n[nH]c2c1CCCC2)C(=O)NCc1nc(-c2ncccn2)no1. The Bertz CT molecular complexity index is 920. The zero-order valence-corrected chi connectivity index (χ0v) is 15.0. The molecule has 0 bridgehead atoms. The second-order valence-corrected chi connectivity index (χ2v) is 6.43. The van der Waals surface area contributed by atoms with Crippen LogP contribution in [-0.4, -0.2) is 48.3 Å². The van der Waals surface area contributed by atoms with E-state index in [4.69, 9.17) is 4.52 Å². The molecule has 0 aromatic carbocycles. The number of hydrogen-bond acceptors (Lipinski definition) is 7. The average Bonchev–Trinajstić information content (AvgIpc) is 3.34. The fourth-order valence-electron chi connectivity index (χ4n) is 3.10. The molecule has 3 aromatic rings. The van der Waals surface area contributed by atoms with Crippen molar-refractivity contribution in [2.45, 2.75) is 38.8 Å². The number of rotatable bonds is 5. The molecule has 10 heteroatoms. The van der Waals surface area contributed by atoms with Crippen molar-refractivity contribution in [1.29, 1.82) is 0 Å². The molecule has 4 rings (SSSR count). The molecule has 0 radical (unpaired) electrons. The number of aromatic amines is 1. The third-order valence-corrected chi connectivity index (χ3v) is 4.50. The summed E-state index contributed by atoms with van der Waals surface area (Å²) in [5.74, 6) is 0.951. The van der Waals surface area contributed by atoms with Crippen molar-refractivity contribution in [2.75, 3.05) is 7.05 Å². The average molecular weight is 368 g/mol. The van der Waals surface area contributed by atoms with Crippen LogP contribution in [0, 0.1) is 0 Å². The fraction of sp³-hybridized carbons (Fsp3) is 0.412. The standard InChI is InChI=1S/C17H20N8O2/c1-25(10-13-11-5-2-3-6-12(11)22-23-13)17(26)20-9-14-21-16(24-27-14)15-18-7-4-8-19-15/h4,7-8H,2-3,5-6,9-10H2,1H3,(H,20,26)(H,22,23). The maximum absolute atomic E-state index is 12.3. The van der Waals surface area contributed by atoms with Gasteiger partial charge in [0.25, 0.3) is 0 Å². The number of carbonyl (C=O) groups excluding carboxylic acids is 1. The lowest BCUT2D eigenvalue weighted by atomic mass is 9.96. The lowest BCUT2D eigenvalue weighted by Crippen LogP contribution is -2.36. The first kappa shape index (κ1) is 17.1. The molecular weight excluding hydrogens is 348 g/mol. The van der Waals surface area contributed by atoms with Gasteiger partial charge >= 0.3 is 6.03 Å². The highest BCUT2D eigenvalue weighted by atomic mass is 16.5. The van der Waals surface area contributed by atoms with E-state index in [1.165, 1.54) is 24.1 Å². The van der Waals surface area contributed by atoms with Gasteiger partial charge in [0.1, 0.15) is 0 Å². The topological polar surface area (TPSA) is 126 Å². The van der Waals surface area contributed by atoms with Gasteiger partial charge in [0.05, 0.1) is 18.8 Å². The number of aromatic nitrogens is 6. The second kappa shape index (κ2) is 7.52. The zero-order chi connectivity index (χ0) is 18.6. The van der Waals surface area contributed by atoms with Crippen molar-refractivity contribution in [2.24, 2.45) is 0 Å². The summed E-state index contributed by atoms with van der Waals surface area (Å²) < 4.78 is 5.14. The van der Waals surface area contributed by atoms with Gasteiger partial charge in [0.15, 0.2) is 0 Å². The van der Waals surface area contributed by atoms with Crippen LogP contribution in [0.15, 0.2) is 23.0 Å². The molecule has 0 atom stereocenters. The molecular formula is C17H20N8O2. The quantitative estimate of drug-likeness (QED) is 0.698. The number of urea groups is 1. The van der Waals surface area contributed by atoms with Crippen LogP contribution in [0.4, 0.5) is 4.79 Å². The first-order valence-corrected chi connectivity index (χ1v) is 8.84. The summed E-state index contributed by atoms with van der Waals surface area (Å²) in [6, 6.07) is 1.47. The van der Waals surface area contributed by atoms with Crippen LogP contribution >= 0.6 is 0 Å². The van der Waals surface area contributed by atoms with E-state index in [9.17, 15) is 4.79 Å². The number of aryl methyl sites for hydroxylation is 1. The fourth-order valence-corrected chi connectivity index (χ4v) is 3.10. The van der Waals surface area contributed by atoms with Crippen molar-refractivity contribution >= 4 is 6.03 Å². The Morgan fingerprint density at radius 3 is 2.93 bits per heavy atom. The van der Waals surface area contributed by atoms with Gasteiger partial charge in [0, 0.05) is 25.1 Å². The maximum Gasteiger partial charge on any atom is 0.317 e. The van der Waals surface area contributed by atoms with Gasteiger partial charge in [-0.3, -0.25) is 5.10 Å². The van der Waals surface area contributed by atoms with E-state index in [2.05, 4.69) is 35.6 Å². The highest BCUT2D eigenvalue weighted by Gasteiger charge is 2.20. The molecule has 0 aliphatic heterocycles. The summed E-state index contributed by atoms with van der Waals surface area (Å²) in [4.78, 5) is 26.2. The summed E-state index contributed by atoms with van der Waals surface area (Å²) >= 11 is 0. The minimum absolute atomic E-state index is 0.127. The summed E-state index contributed by atoms with van der Waals surface area (Å²) in [7, 11) is 1.73. The maximum atomic E-state index is 12.3. The van der Waals surface area contributed by atoms with Gasteiger partial charge in [-0.2, -0.15) is 10.1 Å². The second-order valence-electron chi connectivity index (χ2n) is 6.43. The van der Waals surface area contributed by atoms with E-state index in [-0.39, 0.29) is 24.3 Å². The molecule has 2 amide bonds. The van der Waals surface area contributed by atoms with Gasteiger partial charge in [-0.05, 0) is 37.3 Å². The first-order chi connectivity index (χ1) is 13.2.